The Bertz CT molecular complexity index is 478. The van der Waals surface area contributed by atoms with Crippen molar-refractivity contribution in [2.24, 2.45) is 5.73 Å². The van der Waals surface area contributed by atoms with Gasteiger partial charge in [-0.15, -0.1) is 23.7 Å². The van der Waals surface area contributed by atoms with E-state index in [2.05, 4.69) is 0 Å². The minimum atomic E-state index is -4.00. The molecular formula is C8H13ClF2N2O3S2. The number of alkyl halides is 2. The number of halogens is 3. The lowest BCUT2D eigenvalue weighted by atomic mass is 10.3. The van der Waals surface area contributed by atoms with Crippen molar-refractivity contribution in [1.29, 1.82) is 0 Å². The largest absolute Gasteiger partial charge is 0.494 e. The van der Waals surface area contributed by atoms with Crippen molar-refractivity contribution in [3.8, 4) is 5.75 Å². The van der Waals surface area contributed by atoms with Gasteiger partial charge in [-0.25, -0.2) is 21.9 Å². The molecule has 3 N–H and O–H groups in total. The van der Waals surface area contributed by atoms with Crippen LogP contribution < -0.4 is 15.2 Å². The molecule has 0 amide bonds. The number of thiophene rings is 1. The third-order valence-electron chi connectivity index (χ3n) is 1.88. The first-order valence-corrected chi connectivity index (χ1v) is 6.88. The first-order chi connectivity index (χ1) is 7.82. The Labute approximate surface area is 114 Å². The molecule has 0 unspecified atom stereocenters. The predicted octanol–water partition coefficient (Wildman–Crippen LogP) is 1.05. The van der Waals surface area contributed by atoms with Gasteiger partial charge in [0.05, 0.1) is 20.2 Å². The highest BCUT2D eigenvalue weighted by atomic mass is 35.5. The van der Waals surface area contributed by atoms with Gasteiger partial charge in [-0.05, 0) is 11.4 Å². The number of hydrogen-bond donors (Lipinski definition) is 2. The maximum Gasteiger partial charge on any atom is 0.273 e. The van der Waals surface area contributed by atoms with Crippen LogP contribution in [0.3, 0.4) is 0 Å². The Balaban J connectivity index is 0.00000289. The molecule has 10 heteroatoms. The van der Waals surface area contributed by atoms with E-state index in [-0.39, 0.29) is 22.4 Å². The molecule has 0 fully saturated rings. The number of rotatable bonds is 6. The third-order valence-corrected chi connectivity index (χ3v) is 4.73. The molecule has 0 aliphatic heterocycles. The van der Waals surface area contributed by atoms with Crippen LogP contribution in [0.4, 0.5) is 8.78 Å². The van der Waals surface area contributed by atoms with E-state index in [1.165, 1.54) is 18.6 Å². The maximum atomic E-state index is 12.8. The molecule has 1 rings (SSSR count). The summed E-state index contributed by atoms with van der Waals surface area (Å²) >= 11 is 0.888. The molecule has 0 aliphatic rings. The van der Waals surface area contributed by atoms with E-state index in [1.807, 2.05) is 0 Å². The topological polar surface area (TPSA) is 81.4 Å². The normalized spacial score (nSPS) is 12.0. The first kappa shape index (κ1) is 17.5. The van der Waals surface area contributed by atoms with E-state index in [4.69, 9.17) is 10.5 Å². The number of nitrogens with two attached hydrogens (primary N) is 1. The molecule has 0 aliphatic carbocycles. The highest BCUT2D eigenvalue weighted by Crippen LogP contribution is 2.29. The standard InChI is InChI=1S/C8H12F2N2O3S2.ClH/c1-15-6-2-3-16-7(6)17(13,14)12-5-8(9,10)4-11;/h2-3,12H,4-5,11H2,1H3;1H. The summed E-state index contributed by atoms with van der Waals surface area (Å²) in [5.41, 5.74) is 4.80. The van der Waals surface area contributed by atoms with Crippen LogP contribution in [0, 0.1) is 0 Å². The van der Waals surface area contributed by atoms with E-state index in [0.717, 1.165) is 11.3 Å². The minimum absolute atomic E-state index is 0. The molecule has 1 heterocycles. The summed E-state index contributed by atoms with van der Waals surface area (Å²) in [5.74, 6) is -3.14. The molecule has 5 nitrogen and oxygen atoms in total. The molecule has 0 saturated heterocycles. The fourth-order valence-corrected chi connectivity index (χ4v) is 3.35. The summed E-state index contributed by atoms with van der Waals surface area (Å²) in [6.45, 7) is -1.95. The molecule has 0 aromatic carbocycles. The zero-order valence-electron chi connectivity index (χ0n) is 9.35. The minimum Gasteiger partial charge on any atom is -0.494 e. The van der Waals surface area contributed by atoms with Crippen molar-refractivity contribution >= 4 is 33.8 Å². The van der Waals surface area contributed by atoms with Crippen LogP contribution in [0.1, 0.15) is 0 Å². The van der Waals surface area contributed by atoms with Crippen LogP contribution in [-0.4, -0.2) is 34.5 Å². The van der Waals surface area contributed by atoms with Gasteiger partial charge in [-0.1, -0.05) is 0 Å². The fraction of sp³-hybridized carbons (Fsp3) is 0.500. The van der Waals surface area contributed by atoms with Gasteiger partial charge in [-0.3, -0.25) is 0 Å². The van der Waals surface area contributed by atoms with E-state index in [9.17, 15) is 17.2 Å². The molecule has 18 heavy (non-hydrogen) atoms. The van der Waals surface area contributed by atoms with Gasteiger partial charge in [-0.2, -0.15) is 0 Å². The summed E-state index contributed by atoms with van der Waals surface area (Å²) in [6, 6.07) is 1.44. The first-order valence-electron chi connectivity index (χ1n) is 4.51. The SMILES string of the molecule is COc1ccsc1S(=O)(=O)NCC(F)(F)CN.Cl. The Morgan fingerprint density at radius 3 is 2.67 bits per heavy atom. The van der Waals surface area contributed by atoms with Gasteiger partial charge in [0.25, 0.3) is 15.9 Å². The van der Waals surface area contributed by atoms with Gasteiger partial charge in [0.15, 0.2) is 4.21 Å². The van der Waals surface area contributed by atoms with E-state index < -0.39 is 29.0 Å². The number of methoxy groups -OCH3 is 1. The second-order valence-electron chi connectivity index (χ2n) is 3.16. The van der Waals surface area contributed by atoms with Crippen molar-refractivity contribution in [2.45, 2.75) is 10.1 Å². The maximum absolute atomic E-state index is 12.8. The highest BCUT2D eigenvalue weighted by molar-refractivity contribution is 7.91. The molecule has 0 spiro atoms. The number of sulfonamides is 1. The van der Waals surface area contributed by atoms with Crippen LogP contribution >= 0.6 is 23.7 Å². The van der Waals surface area contributed by atoms with Crippen molar-refractivity contribution in [2.75, 3.05) is 20.2 Å². The molecule has 0 radical (unpaired) electrons. The molecule has 106 valence electrons. The fourth-order valence-electron chi connectivity index (χ4n) is 0.969. The number of ether oxygens (including phenoxy) is 1. The zero-order valence-corrected chi connectivity index (χ0v) is 11.8. The molecule has 0 atom stereocenters. The summed E-state index contributed by atoms with van der Waals surface area (Å²) in [6.07, 6.45) is 0. The molecule has 0 bridgehead atoms. The van der Waals surface area contributed by atoms with Crippen molar-refractivity contribution in [3.63, 3.8) is 0 Å². The molecule has 1 aromatic rings. The van der Waals surface area contributed by atoms with Gasteiger partial charge in [0.2, 0.25) is 0 Å². The summed E-state index contributed by atoms with van der Waals surface area (Å²) < 4.78 is 55.5. The summed E-state index contributed by atoms with van der Waals surface area (Å²) in [5, 5.41) is 1.49. The average Bonchev–Trinajstić information content (AvgIpc) is 2.75. The quantitative estimate of drug-likeness (QED) is 0.820. The zero-order chi connectivity index (χ0) is 13.1. The van der Waals surface area contributed by atoms with E-state index in [1.54, 1.807) is 4.72 Å². The van der Waals surface area contributed by atoms with Crippen LogP contribution in [0.5, 0.6) is 5.75 Å². The van der Waals surface area contributed by atoms with Crippen molar-refractivity contribution in [1.82, 2.24) is 4.72 Å². The van der Waals surface area contributed by atoms with Crippen molar-refractivity contribution < 1.29 is 21.9 Å². The van der Waals surface area contributed by atoms with E-state index >= 15 is 0 Å². The van der Waals surface area contributed by atoms with Crippen molar-refractivity contribution in [3.05, 3.63) is 11.4 Å². The average molecular weight is 323 g/mol. The number of nitrogens with one attached hydrogen (secondary N) is 1. The highest BCUT2D eigenvalue weighted by Gasteiger charge is 2.30. The lowest BCUT2D eigenvalue weighted by Crippen LogP contribution is -2.41. The Hall–Kier alpha value is -0.480. The smallest absolute Gasteiger partial charge is 0.273 e. The Kier molecular flexibility index (Phi) is 6.44. The monoisotopic (exact) mass is 322 g/mol. The van der Waals surface area contributed by atoms with Crippen LogP contribution in [0.15, 0.2) is 15.7 Å². The molecular weight excluding hydrogens is 310 g/mol. The molecule has 0 saturated carbocycles. The van der Waals surface area contributed by atoms with E-state index in [0.29, 0.717) is 0 Å². The Morgan fingerprint density at radius 1 is 1.56 bits per heavy atom. The predicted molar refractivity (Wildman–Crippen MR) is 67.3 cm³/mol. The Morgan fingerprint density at radius 2 is 2.17 bits per heavy atom. The third kappa shape index (κ3) is 4.32. The summed E-state index contributed by atoms with van der Waals surface area (Å²) in [4.78, 5) is 0. The second-order valence-corrected chi connectivity index (χ2v) is 6.04. The van der Waals surface area contributed by atoms with Gasteiger partial charge < -0.3 is 10.5 Å². The van der Waals surface area contributed by atoms with Crippen LogP contribution in [0.2, 0.25) is 0 Å². The second kappa shape index (κ2) is 6.62. The lowest BCUT2D eigenvalue weighted by molar-refractivity contribution is 0.0170. The lowest BCUT2D eigenvalue weighted by Gasteiger charge is -2.14. The van der Waals surface area contributed by atoms with Gasteiger partial charge >= 0.3 is 0 Å². The van der Waals surface area contributed by atoms with Crippen LogP contribution in [0.25, 0.3) is 0 Å². The van der Waals surface area contributed by atoms with Crippen LogP contribution in [-0.2, 0) is 10.0 Å². The molecule has 1 aromatic heterocycles. The summed E-state index contributed by atoms with van der Waals surface area (Å²) in [7, 11) is -2.69. The number of hydrogen-bond acceptors (Lipinski definition) is 5. The van der Waals surface area contributed by atoms with Gasteiger partial charge in [0.1, 0.15) is 5.75 Å². The van der Waals surface area contributed by atoms with Gasteiger partial charge in [0, 0.05) is 0 Å².